The van der Waals surface area contributed by atoms with Crippen LogP contribution in [0.25, 0.3) is 10.9 Å². The summed E-state index contributed by atoms with van der Waals surface area (Å²) in [6, 6.07) is 8.64. The predicted molar refractivity (Wildman–Crippen MR) is 55.7 cm³/mol. The molecule has 0 atom stereocenters. The number of nitrogens with two attached hydrogens (primary N) is 1. The average molecular weight is 174 g/mol. The summed E-state index contributed by atoms with van der Waals surface area (Å²) in [7, 11) is 2.06. The largest absolute Gasteiger partial charge is 0.351 e. The first-order valence-electron chi connectivity index (χ1n) is 4.55. The molecule has 2 aromatic rings. The van der Waals surface area contributed by atoms with Gasteiger partial charge in [-0.1, -0.05) is 12.1 Å². The number of fused-ring (bicyclic) bond motifs is 1. The van der Waals surface area contributed by atoms with Crippen molar-refractivity contribution in [1.82, 2.24) is 4.57 Å². The molecule has 0 saturated heterocycles. The van der Waals surface area contributed by atoms with E-state index in [-0.39, 0.29) is 0 Å². The van der Waals surface area contributed by atoms with E-state index >= 15 is 0 Å². The maximum atomic E-state index is 5.51. The van der Waals surface area contributed by atoms with Crippen LogP contribution in [0.3, 0.4) is 0 Å². The van der Waals surface area contributed by atoms with Crippen molar-refractivity contribution in [1.29, 1.82) is 0 Å². The Morgan fingerprint density at radius 3 is 2.92 bits per heavy atom. The van der Waals surface area contributed by atoms with Gasteiger partial charge < -0.3 is 10.3 Å². The summed E-state index contributed by atoms with van der Waals surface area (Å²) >= 11 is 0. The summed E-state index contributed by atoms with van der Waals surface area (Å²) in [5.74, 6) is 0. The van der Waals surface area contributed by atoms with Crippen LogP contribution in [0.1, 0.15) is 5.56 Å². The molecule has 1 heterocycles. The molecule has 0 bridgehead atoms. The number of hydrogen-bond donors (Lipinski definition) is 1. The second kappa shape index (κ2) is 3.23. The SMILES string of the molecule is Cn1ccc2ccc(CCN)cc21. The molecule has 0 saturated carbocycles. The molecule has 0 fully saturated rings. The second-order valence-electron chi connectivity index (χ2n) is 3.36. The van der Waals surface area contributed by atoms with Gasteiger partial charge in [0.1, 0.15) is 0 Å². The molecule has 2 N–H and O–H groups in total. The van der Waals surface area contributed by atoms with Crippen LogP contribution >= 0.6 is 0 Å². The molecule has 13 heavy (non-hydrogen) atoms. The molecule has 1 aromatic carbocycles. The Morgan fingerprint density at radius 2 is 2.15 bits per heavy atom. The van der Waals surface area contributed by atoms with Gasteiger partial charge in [0.15, 0.2) is 0 Å². The van der Waals surface area contributed by atoms with E-state index in [1.165, 1.54) is 16.5 Å². The molecule has 0 amide bonds. The Labute approximate surface area is 78.0 Å². The Hall–Kier alpha value is -1.28. The van der Waals surface area contributed by atoms with Crippen LogP contribution in [0.2, 0.25) is 0 Å². The third-order valence-electron chi connectivity index (χ3n) is 2.39. The highest BCUT2D eigenvalue weighted by atomic mass is 14.9. The van der Waals surface area contributed by atoms with Crippen LogP contribution in [-0.4, -0.2) is 11.1 Å². The monoisotopic (exact) mass is 174 g/mol. The molecule has 0 aliphatic carbocycles. The summed E-state index contributed by atoms with van der Waals surface area (Å²) in [6.07, 6.45) is 3.04. The summed E-state index contributed by atoms with van der Waals surface area (Å²) < 4.78 is 2.13. The quantitative estimate of drug-likeness (QED) is 0.737. The van der Waals surface area contributed by atoms with Crippen molar-refractivity contribution in [2.24, 2.45) is 12.8 Å². The number of hydrogen-bond acceptors (Lipinski definition) is 1. The minimum Gasteiger partial charge on any atom is -0.351 e. The van der Waals surface area contributed by atoms with Gasteiger partial charge in [0.25, 0.3) is 0 Å². The van der Waals surface area contributed by atoms with Crippen molar-refractivity contribution >= 4 is 10.9 Å². The molecule has 0 spiro atoms. The lowest BCUT2D eigenvalue weighted by Crippen LogP contribution is -2.02. The molecule has 2 heteroatoms. The van der Waals surface area contributed by atoms with E-state index in [9.17, 15) is 0 Å². The van der Waals surface area contributed by atoms with Crippen molar-refractivity contribution < 1.29 is 0 Å². The van der Waals surface area contributed by atoms with Gasteiger partial charge >= 0.3 is 0 Å². The Morgan fingerprint density at radius 1 is 1.31 bits per heavy atom. The minimum atomic E-state index is 0.718. The first kappa shape index (κ1) is 8.32. The van der Waals surface area contributed by atoms with Crippen LogP contribution in [-0.2, 0) is 13.5 Å². The smallest absolute Gasteiger partial charge is 0.0480 e. The van der Waals surface area contributed by atoms with Crippen LogP contribution in [0.4, 0.5) is 0 Å². The molecular weight excluding hydrogens is 160 g/mol. The fourth-order valence-corrected chi connectivity index (χ4v) is 1.63. The van der Waals surface area contributed by atoms with Gasteiger partial charge in [-0.3, -0.25) is 0 Å². The predicted octanol–water partition coefficient (Wildman–Crippen LogP) is 1.68. The molecule has 0 aliphatic heterocycles. The highest BCUT2D eigenvalue weighted by Crippen LogP contribution is 2.16. The third-order valence-corrected chi connectivity index (χ3v) is 2.39. The molecule has 2 nitrogen and oxygen atoms in total. The van der Waals surface area contributed by atoms with Crippen molar-refractivity contribution in [2.45, 2.75) is 6.42 Å². The first-order valence-corrected chi connectivity index (χ1v) is 4.55. The molecule has 0 aliphatic rings. The zero-order chi connectivity index (χ0) is 9.26. The van der Waals surface area contributed by atoms with Crippen molar-refractivity contribution in [3.8, 4) is 0 Å². The van der Waals surface area contributed by atoms with Crippen LogP contribution in [0.5, 0.6) is 0 Å². The number of benzene rings is 1. The van der Waals surface area contributed by atoms with E-state index in [2.05, 4.69) is 42.1 Å². The average Bonchev–Trinajstić information content (AvgIpc) is 2.49. The molecular formula is C11H14N2. The van der Waals surface area contributed by atoms with Crippen molar-refractivity contribution in [3.63, 3.8) is 0 Å². The first-order chi connectivity index (χ1) is 6.31. The van der Waals surface area contributed by atoms with Gasteiger partial charge in [-0.15, -0.1) is 0 Å². The lowest BCUT2D eigenvalue weighted by molar-refractivity contribution is 0.952. The summed E-state index contributed by atoms with van der Waals surface area (Å²) in [5.41, 5.74) is 8.11. The fourth-order valence-electron chi connectivity index (χ4n) is 1.63. The minimum absolute atomic E-state index is 0.718. The van der Waals surface area contributed by atoms with Crippen LogP contribution in [0.15, 0.2) is 30.5 Å². The maximum Gasteiger partial charge on any atom is 0.0480 e. The van der Waals surface area contributed by atoms with Gasteiger partial charge in [-0.05, 0) is 36.0 Å². The third kappa shape index (κ3) is 1.45. The Kier molecular flexibility index (Phi) is 2.07. The van der Waals surface area contributed by atoms with Gasteiger partial charge in [-0.25, -0.2) is 0 Å². The molecule has 68 valence electrons. The molecule has 2 rings (SSSR count). The normalized spacial score (nSPS) is 10.9. The van der Waals surface area contributed by atoms with Gasteiger partial charge in [0.2, 0.25) is 0 Å². The lowest BCUT2D eigenvalue weighted by atomic mass is 10.1. The maximum absolute atomic E-state index is 5.51. The zero-order valence-electron chi connectivity index (χ0n) is 7.83. The molecule has 1 aromatic heterocycles. The van der Waals surface area contributed by atoms with Gasteiger partial charge in [-0.2, -0.15) is 0 Å². The van der Waals surface area contributed by atoms with Gasteiger partial charge in [0.05, 0.1) is 0 Å². The van der Waals surface area contributed by atoms with E-state index in [0.29, 0.717) is 0 Å². The number of rotatable bonds is 2. The topological polar surface area (TPSA) is 30.9 Å². The summed E-state index contributed by atoms with van der Waals surface area (Å²) in [5, 5.41) is 1.29. The lowest BCUT2D eigenvalue weighted by Gasteiger charge is -2.00. The summed E-state index contributed by atoms with van der Waals surface area (Å²) in [4.78, 5) is 0. The Balaban J connectivity index is 2.53. The molecule has 0 radical (unpaired) electrons. The van der Waals surface area contributed by atoms with E-state index < -0.39 is 0 Å². The van der Waals surface area contributed by atoms with Crippen molar-refractivity contribution in [3.05, 3.63) is 36.0 Å². The standard InChI is InChI=1S/C11H14N2/c1-13-7-5-10-3-2-9(4-6-12)8-11(10)13/h2-3,5,7-8H,4,6,12H2,1H3. The van der Waals surface area contributed by atoms with E-state index in [4.69, 9.17) is 5.73 Å². The zero-order valence-corrected chi connectivity index (χ0v) is 7.83. The van der Waals surface area contributed by atoms with Gasteiger partial charge in [0, 0.05) is 18.8 Å². The summed E-state index contributed by atoms with van der Waals surface area (Å²) in [6.45, 7) is 0.718. The van der Waals surface area contributed by atoms with Crippen LogP contribution < -0.4 is 5.73 Å². The number of aromatic nitrogens is 1. The van der Waals surface area contributed by atoms with E-state index in [1.807, 2.05) is 0 Å². The van der Waals surface area contributed by atoms with E-state index in [0.717, 1.165) is 13.0 Å². The Bertz CT molecular complexity index is 415. The molecule has 0 unspecified atom stereocenters. The second-order valence-corrected chi connectivity index (χ2v) is 3.36. The number of aryl methyl sites for hydroxylation is 1. The fraction of sp³-hybridized carbons (Fsp3) is 0.273. The van der Waals surface area contributed by atoms with Crippen LogP contribution in [0, 0.1) is 0 Å². The number of nitrogens with zero attached hydrogens (tertiary/aromatic N) is 1. The highest BCUT2D eigenvalue weighted by Gasteiger charge is 1.98. The highest BCUT2D eigenvalue weighted by molar-refractivity contribution is 5.80. The van der Waals surface area contributed by atoms with E-state index in [1.54, 1.807) is 0 Å². The van der Waals surface area contributed by atoms with Crippen molar-refractivity contribution in [2.75, 3.05) is 6.54 Å².